The van der Waals surface area contributed by atoms with E-state index in [4.69, 9.17) is 21.1 Å². The summed E-state index contributed by atoms with van der Waals surface area (Å²) in [4.78, 5) is 27.8. The standard InChI is InChI=1S/C24H26ClFN2O4/c25-13-22(29)28(14-16-6-11-20-21(12-16)32-15-31-20)23(17-7-9-18(26)10-8-17)24(30)27-19-4-2-1-3-5-19/h6-12,19,23H,1-5,13-15H2,(H,27,30)/t23-/m1/s1. The highest BCUT2D eigenvalue weighted by atomic mass is 35.5. The maximum absolute atomic E-state index is 13.6. The van der Waals surface area contributed by atoms with Crippen molar-refractivity contribution >= 4 is 23.4 Å². The van der Waals surface area contributed by atoms with Crippen LogP contribution in [0.2, 0.25) is 0 Å². The zero-order chi connectivity index (χ0) is 22.5. The molecule has 0 radical (unpaired) electrons. The van der Waals surface area contributed by atoms with Gasteiger partial charge in [0.15, 0.2) is 11.5 Å². The fourth-order valence-electron chi connectivity index (χ4n) is 4.28. The van der Waals surface area contributed by atoms with Crippen molar-refractivity contribution in [3.05, 3.63) is 59.4 Å². The zero-order valence-corrected chi connectivity index (χ0v) is 18.4. The molecule has 1 saturated carbocycles. The number of nitrogens with one attached hydrogen (secondary N) is 1. The van der Waals surface area contributed by atoms with Gasteiger partial charge in [-0.25, -0.2) is 4.39 Å². The number of ether oxygens (including phenoxy) is 2. The molecule has 0 aromatic heterocycles. The van der Waals surface area contributed by atoms with E-state index in [0.29, 0.717) is 17.1 Å². The predicted molar refractivity (Wildman–Crippen MR) is 118 cm³/mol. The number of alkyl halides is 1. The molecule has 0 bridgehead atoms. The van der Waals surface area contributed by atoms with Gasteiger partial charge in [-0.05, 0) is 48.2 Å². The molecule has 2 amide bonds. The molecule has 1 aliphatic heterocycles. The van der Waals surface area contributed by atoms with Crippen molar-refractivity contribution < 1.29 is 23.5 Å². The van der Waals surface area contributed by atoms with E-state index in [0.717, 1.165) is 37.7 Å². The number of benzene rings is 2. The minimum atomic E-state index is -0.936. The van der Waals surface area contributed by atoms with Crippen molar-refractivity contribution in [2.24, 2.45) is 0 Å². The molecular weight excluding hydrogens is 435 g/mol. The monoisotopic (exact) mass is 460 g/mol. The van der Waals surface area contributed by atoms with Crippen LogP contribution in [0.25, 0.3) is 0 Å². The minimum Gasteiger partial charge on any atom is -0.454 e. The summed E-state index contributed by atoms with van der Waals surface area (Å²) in [6.07, 6.45) is 5.11. The first-order chi connectivity index (χ1) is 15.5. The number of amides is 2. The third-order valence-electron chi connectivity index (χ3n) is 5.92. The van der Waals surface area contributed by atoms with E-state index in [9.17, 15) is 14.0 Å². The second-order valence-corrected chi connectivity index (χ2v) is 8.41. The summed E-state index contributed by atoms with van der Waals surface area (Å²) in [5.41, 5.74) is 1.30. The Hall–Kier alpha value is -2.80. The third-order valence-corrected chi connectivity index (χ3v) is 6.15. The Morgan fingerprint density at radius 1 is 1.06 bits per heavy atom. The maximum Gasteiger partial charge on any atom is 0.247 e. The van der Waals surface area contributed by atoms with Gasteiger partial charge in [-0.2, -0.15) is 0 Å². The van der Waals surface area contributed by atoms with E-state index in [-0.39, 0.29) is 31.2 Å². The topological polar surface area (TPSA) is 67.9 Å². The summed E-state index contributed by atoms with van der Waals surface area (Å²) < 4.78 is 24.4. The van der Waals surface area contributed by atoms with Crippen molar-refractivity contribution in [3.63, 3.8) is 0 Å². The van der Waals surface area contributed by atoms with Crippen molar-refractivity contribution in [2.45, 2.75) is 50.7 Å². The normalized spacial score (nSPS) is 16.4. The highest BCUT2D eigenvalue weighted by Gasteiger charge is 2.33. The van der Waals surface area contributed by atoms with Crippen molar-refractivity contribution in [3.8, 4) is 11.5 Å². The molecule has 32 heavy (non-hydrogen) atoms. The van der Waals surface area contributed by atoms with E-state index in [1.54, 1.807) is 12.1 Å². The summed E-state index contributed by atoms with van der Waals surface area (Å²) >= 11 is 5.93. The summed E-state index contributed by atoms with van der Waals surface area (Å²) in [5, 5.41) is 3.10. The number of hydrogen-bond acceptors (Lipinski definition) is 4. The molecule has 6 nitrogen and oxygen atoms in total. The summed E-state index contributed by atoms with van der Waals surface area (Å²) in [5.74, 6) is -0.148. The molecule has 0 saturated heterocycles. The summed E-state index contributed by atoms with van der Waals surface area (Å²) in [6, 6.07) is 10.2. The van der Waals surface area contributed by atoms with E-state index in [1.807, 2.05) is 6.07 Å². The van der Waals surface area contributed by atoms with Crippen LogP contribution in [0.15, 0.2) is 42.5 Å². The van der Waals surface area contributed by atoms with E-state index >= 15 is 0 Å². The number of carbonyl (C=O) groups is 2. The minimum absolute atomic E-state index is 0.0673. The molecule has 0 spiro atoms. The molecule has 1 N–H and O–H groups in total. The highest BCUT2D eigenvalue weighted by molar-refractivity contribution is 6.27. The van der Waals surface area contributed by atoms with Crippen LogP contribution in [-0.2, 0) is 16.1 Å². The van der Waals surface area contributed by atoms with Crippen LogP contribution in [0.5, 0.6) is 11.5 Å². The van der Waals surface area contributed by atoms with Crippen LogP contribution in [0.4, 0.5) is 4.39 Å². The third kappa shape index (κ3) is 5.15. The first kappa shape index (κ1) is 22.4. The maximum atomic E-state index is 13.6. The molecule has 4 rings (SSSR count). The van der Waals surface area contributed by atoms with Crippen LogP contribution in [0.1, 0.15) is 49.3 Å². The quantitative estimate of drug-likeness (QED) is 0.625. The largest absolute Gasteiger partial charge is 0.454 e. The zero-order valence-electron chi connectivity index (χ0n) is 17.7. The highest BCUT2D eigenvalue weighted by Crippen LogP contribution is 2.34. The molecule has 2 aliphatic rings. The molecule has 2 aromatic carbocycles. The number of rotatable bonds is 7. The molecular formula is C24H26ClFN2O4. The van der Waals surface area contributed by atoms with Gasteiger partial charge >= 0.3 is 0 Å². The SMILES string of the molecule is O=C(NC1CCCCC1)[C@@H](c1ccc(F)cc1)N(Cc1ccc2c(c1)OCO2)C(=O)CCl. The smallest absolute Gasteiger partial charge is 0.247 e. The Labute approximate surface area is 191 Å². The molecule has 8 heteroatoms. The van der Waals surface area contributed by atoms with Gasteiger partial charge in [-0.15, -0.1) is 11.6 Å². The fourth-order valence-corrected chi connectivity index (χ4v) is 4.43. The average Bonchev–Trinajstić information content (AvgIpc) is 3.28. The number of carbonyl (C=O) groups excluding carboxylic acids is 2. The number of halogens is 2. The first-order valence-corrected chi connectivity index (χ1v) is 11.4. The lowest BCUT2D eigenvalue weighted by Gasteiger charge is -2.33. The number of hydrogen-bond donors (Lipinski definition) is 1. The predicted octanol–water partition coefficient (Wildman–Crippen LogP) is 4.31. The Kier molecular flexibility index (Phi) is 7.15. The summed E-state index contributed by atoms with van der Waals surface area (Å²) in [7, 11) is 0. The van der Waals surface area contributed by atoms with Crippen LogP contribution < -0.4 is 14.8 Å². The van der Waals surface area contributed by atoms with E-state index < -0.39 is 17.8 Å². The van der Waals surface area contributed by atoms with Gasteiger partial charge in [0.05, 0.1) is 0 Å². The Morgan fingerprint density at radius 3 is 2.50 bits per heavy atom. The molecule has 1 fully saturated rings. The number of nitrogens with zero attached hydrogens (tertiary/aromatic N) is 1. The van der Waals surface area contributed by atoms with Crippen LogP contribution in [0.3, 0.4) is 0 Å². The van der Waals surface area contributed by atoms with E-state index in [2.05, 4.69) is 5.32 Å². The van der Waals surface area contributed by atoms with Crippen molar-refractivity contribution in [1.82, 2.24) is 10.2 Å². The number of fused-ring (bicyclic) bond motifs is 1. The van der Waals surface area contributed by atoms with Crippen LogP contribution >= 0.6 is 11.6 Å². The lowest BCUT2D eigenvalue weighted by molar-refractivity contribution is -0.140. The second kappa shape index (κ2) is 10.2. The lowest BCUT2D eigenvalue weighted by Crippen LogP contribution is -2.47. The molecule has 170 valence electrons. The first-order valence-electron chi connectivity index (χ1n) is 10.8. The molecule has 0 unspecified atom stereocenters. The van der Waals surface area contributed by atoms with Gasteiger partial charge in [0.25, 0.3) is 0 Å². The molecule has 1 heterocycles. The van der Waals surface area contributed by atoms with Gasteiger partial charge in [-0.1, -0.05) is 37.5 Å². The van der Waals surface area contributed by atoms with Crippen LogP contribution in [-0.4, -0.2) is 35.4 Å². The summed E-state index contributed by atoms with van der Waals surface area (Å²) in [6.45, 7) is 0.285. The van der Waals surface area contributed by atoms with Gasteiger partial charge in [0.2, 0.25) is 18.6 Å². The lowest BCUT2D eigenvalue weighted by atomic mass is 9.94. The Balaban J connectivity index is 1.64. The van der Waals surface area contributed by atoms with E-state index in [1.165, 1.54) is 29.2 Å². The second-order valence-electron chi connectivity index (χ2n) is 8.14. The van der Waals surface area contributed by atoms with Gasteiger partial charge in [-0.3, -0.25) is 9.59 Å². The molecule has 1 aliphatic carbocycles. The average molecular weight is 461 g/mol. The Morgan fingerprint density at radius 2 is 1.78 bits per heavy atom. The van der Waals surface area contributed by atoms with Gasteiger partial charge in [0, 0.05) is 12.6 Å². The molecule has 2 aromatic rings. The van der Waals surface area contributed by atoms with Gasteiger partial charge in [0.1, 0.15) is 17.7 Å². The van der Waals surface area contributed by atoms with Gasteiger partial charge < -0.3 is 19.7 Å². The van der Waals surface area contributed by atoms with Crippen LogP contribution in [0, 0.1) is 5.82 Å². The fraction of sp³-hybridized carbons (Fsp3) is 0.417. The Bertz CT molecular complexity index is 963. The van der Waals surface area contributed by atoms with Crippen molar-refractivity contribution in [1.29, 1.82) is 0 Å². The van der Waals surface area contributed by atoms with Crippen molar-refractivity contribution in [2.75, 3.05) is 12.7 Å². The molecule has 1 atom stereocenters.